The molecule has 0 atom stereocenters. The van der Waals surface area contributed by atoms with Gasteiger partial charge in [0, 0.05) is 13.1 Å². The molecule has 0 bridgehead atoms. The summed E-state index contributed by atoms with van der Waals surface area (Å²) in [5.74, 6) is 0.423. The fourth-order valence-corrected chi connectivity index (χ4v) is 5.52. The third kappa shape index (κ3) is 4.27. The molecule has 0 spiro atoms. The summed E-state index contributed by atoms with van der Waals surface area (Å²) in [4.78, 5) is 2.83. The Morgan fingerprint density at radius 1 is 0.867 bits per heavy atom. The third-order valence-electron chi connectivity index (χ3n) is 5.76. The van der Waals surface area contributed by atoms with Gasteiger partial charge >= 0.3 is 0 Å². The molecule has 30 heavy (non-hydrogen) atoms. The number of benzene rings is 3. The first-order valence-corrected chi connectivity index (χ1v) is 11.7. The van der Waals surface area contributed by atoms with E-state index in [1.807, 2.05) is 54.6 Å². The van der Waals surface area contributed by atoms with Crippen molar-refractivity contribution >= 4 is 9.84 Å². The lowest BCUT2D eigenvalue weighted by Gasteiger charge is -2.15. The summed E-state index contributed by atoms with van der Waals surface area (Å²) in [5.41, 5.74) is 4.39. The number of methoxy groups -OCH3 is 1. The molecule has 0 radical (unpaired) electrons. The van der Waals surface area contributed by atoms with Crippen LogP contribution in [0.15, 0.2) is 76.5 Å². The summed E-state index contributed by atoms with van der Waals surface area (Å²) in [6.07, 6.45) is 2.43. The molecule has 0 aliphatic carbocycles. The van der Waals surface area contributed by atoms with Crippen LogP contribution in [0.1, 0.15) is 22.3 Å². The first-order valence-electron chi connectivity index (χ1n) is 10.2. The van der Waals surface area contributed by atoms with Gasteiger partial charge in [0.2, 0.25) is 9.84 Å². The molecule has 0 saturated carbocycles. The molecule has 1 aliphatic heterocycles. The Labute approximate surface area is 179 Å². The molecule has 0 fully saturated rings. The van der Waals surface area contributed by atoms with Crippen molar-refractivity contribution in [2.75, 3.05) is 27.2 Å². The maximum atomic E-state index is 13.6. The maximum Gasteiger partial charge on any atom is 0.210 e. The normalized spacial score (nSPS) is 14.7. The van der Waals surface area contributed by atoms with Crippen LogP contribution in [0.3, 0.4) is 0 Å². The van der Waals surface area contributed by atoms with Gasteiger partial charge in [0.05, 0.1) is 12.0 Å². The highest BCUT2D eigenvalue weighted by atomic mass is 32.2. The van der Waals surface area contributed by atoms with E-state index in [0.29, 0.717) is 17.1 Å². The van der Waals surface area contributed by atoms with Crippen molar-refractivity contribution in [3.63, 3.8) is 0 Å². The number of hydrogen-bond acceptors (Lipinski definition) is 4. The molecule has 3 aromatic carbocycles. The lowest BCUT2D eigenvalue weighted by molar-refractivity contribution is 0.352. The van der Waals surface area contributed by atoms with E-state index >= 15 is 0 Å². The van der Waals surface area contributed by atoms with Crippen molar-refractivity contribution in [3.8, 4) is 5.75 Å². The third-order valence-corrected chi connectivity index (χ3v) is 7.53. The van der Waals surface area contributed by atoms with Gasteiger partial charge in [-0.1, -0.05) is 42.5 Å². The van der Waals surface area contributed by atoms with Crippen LogP contribution in [0.4, 0.5) is 0 Å². The number of hydrogen-bond donors (Lipinski definition) is 0. The van der Waals surface area contributed by atoms with E-state index in [0.717, 1.165) is 42.6 Å². The molecule has 0 N–H and O–H groups in total. The van der Waals surface area contributed by atoms with Gasteiger partial charge in [0.25, 0.3) is 0 Å². The van der Waals surface area contributed by atoms with Gasteiger partial charge < -0.3 is 9.64 Å². The summed E-state index contributed by atoms with van der Waals surface area (Å²) in [7, 11) is -0.0607. The maximum absolute atomic E-state index is 13.6. The molecule has 4 rings (SSSR count). The summed E-state index contributed by atoms with van der Waals surface area (Å²) < 4.78 is 32.6. The molecule has 0 saturated heterocycles. The van der Waals surface area contributed by atoms with Gasteiger partial charge in [-0.05, 0) is 72.8 Å². The Morgan fingerprint density at radius 2 is 1.53 bits per heavy atom. The van der Waals surface area contributed by atoms with Crippen LogP contribution in [-0.4, -0.2) is 40.6 Å². The van der Waals surface area contributed by atoms with Crippen LogP contribution in [-0.2, 0) is 29.1 Å². The molecule has 156 valence electrons. The minimum atomic E-state index is -3.69. The van der Waals surface area contributed by atoms with E-state index in [1.165, 1.54) is 12.7 Å². The van der Waals surface area contributed by atoms with Crippen molar-refractivity contribution in [3.05, 3.63) is 89.0 Å². The average Bonchev–Trinajstić information content (AvgIpc) is 2.95. The average molecular weight is 422 g/mol. The Morgan fingerprint density at radius 3 is 2.23 bits per heavy atom. The molecule has 0 aromatic heterocycles. The van der Waals surface area contributed by atoms with Crippen LogP contribution in [0.25, 0.3) is 0 Å². The summed E-state index contributed by atoms with van der Waals surface area (Å²) in [6, 6.07) is 21.0. The van der Waals surface area contributed by atoms with Gasteiger partial charge in [-0.25, -0.2) is 8.42 Å². The molecular weight excluding hydrogens is 394 g/mol. The zero-order valence-electron chi connectivity index (χ0n) is 17.5. The molecule has 0 amide bonds. The number of rotatable bonds is 5. The topological polar surface area (TPSA) is 46.6 Å². The first kappa shape index (κ1) is 20.6. The van der Waals surface area contributed by atoms with Gasteiger partial charge in [-0.3, -0.25) is 0 Å². The number of nitrogens with zero attached hydrogens (tertiary/aromatic N) is 1. The Kier molecular flexibility index (Phi) is 5.93. The SMILES string of the molecule is COc1cc2c(cc1S(=O)(=O)c1cccc(Cc3ccccc3)c1)CCN(C)CC2. The number of likely N-dealkylation sites (N-methyl/N-ethyl adjacent to an activating group) is 1. The molecule has 0 unspecified atom stereocenters. The number of ether oxygens (including phenoxy) is 1. The molecule has 3 aromatic rings. The van der Waals surface area contributed by atoms with Crippen LogP contribution in [0, 0.1) is 0 Å². The fourth-order valence-electron chi connectivity index (χ4n) is 3.99. The van der Waals surface area contributed by atoms with E-state index < -0.39 is 9.84 Å². The van der Waals surface area contributed by atoms with E-state index in [2.05, 4.69) is 11.9 Å². The second-order valence-corrected chi connectivity index (χ2v) is 9.81. The fraction of sp³-hybridized carbons (Fsp3) is 0.280. The first-order chi connectivity index (χ1) is 14.5. The van der Waals surface area contributed by atoms with Crippen LogP contribution < -0.4 is 4.74 Å². The van der Waals surface area contributed by atoms with Crippen molar-refractivity contribution in [2.45, 2.75) is 29.1 Å². The summed E-state index contributed by atoms with van der Waals surface area (Å²) in [6.45, 7) is 1.88. The highest BCUT2D eigenvalue weighted by Crippen LogP contribution is 2.34. The summed E-state index contributed by atoms with van der Waals surface area (Å²) >= 11 is 0. The largest absolute Gasteiger partial charge is 0.495 e. The van der Waals surface area contributed by atoms with Gasteiger partial charge in [-0.2, -0.15) is 0 Å². The quantitative estimate of drug-likeness (QED) is 0.621. The molecule has 1 aliphatic rings. The van der Waals surface area contributed by atoms with Crippen molar-refractivity contribution in [1.29, 1.82) is 0 Å². The zero-order chi connectivity index (χ0) is 21.1. The molecular formula is C25H27NO3S. The standard InChI is InChI=1S/C25H27NO3S/c1-26-13-11-21-17-24(29-2)25(18-22(21)12-14-26)30(27,28)23-10-6-9-20(16-23)15-19-7-4-3-5-8-19/h3-10,16-18H,11-15H2,1-2H3. The second kappa shape index (κ2) is 8.62. The Bertz CT molecular complexity index is 1140. The number of sulfone groups is 1. The number of fused-ring (bicyclic) bond motifs is 1. The van der Waals surface area contributed by atoms with Crippen LogP contribution in [0.2, 0.25) is 0 Å². The van der Waals surface area contributed by atoms with Crippen molar-refractivity contribution in [2.24, 2.45) is 0 Å². The monoisotopic (exact) mass is 421 g/mol. The highest BCUT2D eigenvalue weighted by Gasteiger charge is 2.25. The molecule has 5 heteroatoms. The van der Waals surface area contributed by atoms with Gasteiger partial charge in [0.15, 0.2) is 0 Å². The van der Waals surface area contributed by atoms with Gasteiger partial charge in [0.1, 0.15) is 10.6 Å². The lowest BCUT2D eigenvalue weighted by atomic mass is 10.0. The Hall–Kier alpha value is -2.63. The highest BCUT2D eigenvalue weighted by molar-refractivity contribution is 7.91. The molecule has 1 heterocycles. The predicted molar refractivity (Wildman–Crippen MR) is 119 cm³/mol. The Balaban J connectivity index is 1.72. The van der Waals surface area contributed by atoms with E-state index in [9.17, 15) is 8.42 Å². The van der Waals surface area contributed by atoms with Gasteiger partial charge in [-0.15, -0.1) is 0 Å². The minimum absolute atomic E-state index is 0.255. The van der Waals surface area contributed by atoms with Crippen LogP contribution >= 0.6 is 0 Å². The predicted octanol–water partition coefficient (Wildman–Crippen LogP) is 4.15. The summed E-state index contributed by atoms with van der Waals surface area (Å²) in [5, 5.41) is 0. The second-order valence-electron chi connectivity index (χ2n) is 7.89. The minimum Gasteiger partial charge on any atom is -0.495 e. The molecule has 4 nitrogen and oxygen atoms in total. The lowest BCUT2D eigenvalue weighted by Crippen LogP contribution is -2.20. The van der Waals surface area contributed by atoms with E-state index in [1.54, 1.807) is 12.1 Å². The van der Waals surface area contributed by atoms with Crippen molar-refractivity contribution < 1.29 is 13.2 Å². The van der Waals surface area contributed by atoms with E-state index in [4.69, 9.17) is 4.74 Å². The van der Waals surface area contributed by atoms with E-state index in [-0.39, 0.29) is 4.90 Å². The zero-order valence-corrected chi connectivity index (χ0v) is 18.3. The van der Waals surface area contributed by atoms with Crippen LogP contribution in [0.5, 0.6) is 5.75 Å². The smallest absolute Gasteiger partial charge is 0.210 e. The van der Waals surface area contributed by atoms with Crippen molar-refractivity contribution in [1.82, 2.24) is 4.90 Å².